The average Bonchev–Trinajstić information content (AvgIpc) is 2.87. The summed E-state index contributed by atoms with van der Waals surface area (Å²) in [6.45, 7) is 6.66. The van der Waals surface area contributed by atoms with E-state index in [1.54, 1.807) is 13.2 Å². The van der Waals surface area contributed by atoms with Gasteiger partial charge in [0.2, 0.25) is 0 Å². The zero-order chi connectivity index (χ0) is 17.6. The molecule has 3 atom stereocenters. The van der Waals surface area contributed by atoms with Gasteiger partial charge < -0.3 is 24.1 Å². The number of hydrogen-bond acceptors (Lipinski definition) is 5. The third-order valence-electron chi connectivity index (χ3n) is 3.92. The molecule has 134 valence electrons. The summed E-state index contributed by atoms with van der Waals surface area (Å²) in [7, 11) is 1.65. The van der Waals surface area contributed by atoms with Crippen molar-refractivity contribution in [3.8, 4) is 5.75 Å². The van der Waals surface area contributed by atoms with E-state index in [1.807, 2.05) is 51.1 Å². The number of allylic oxidation sites excluding steroid dienone is 1. The van der Waals surface area contributed by atoms with Crippen molar-refractivity contribution in [3.63, 3.8) is 0 Å². The van der Waals surface area contributed by atoms with Gasteiger partial charge in [-0.15, -0.1) is 0 Å². The van der Waals surface area contributed by atoms with Crippen LogP contribution in [0.2, 0.25) is 0 Å². The molecule has 0 aromatic heterocycles. The van der Waals surface area contributed by atoms with Gasteiger partial charge in [0.15, 0.2) is 5.79 Å². The van der Waals surface area contributed by atoms with E-state index in [2.05, 4.69) is 0 Å². The van der Waals surface area contributed by atoms with Crippen molar-refractivity contribution in [1.82, 2.24) is 0 Å². The van der Waals surface area contributed by atoms with Crippen LogP contribution in [0.5, 0.6) is 5.75 Å². The van der Waals surface area contributed by atoms with Crippen LogP contribution in [0.25, 0.3) is 0 Å². The lowest BCUT2D eigenvalue weighted by atomic mass is 10.1. The maximum atomic E-state index is 10.2. The van der Waals surface area contributed by atoms with Gasteiger partial charge in [0, 0.05) is 6.61 Å². The summed E-state index contributed by atoms with van der Waals surface area (Å²) in [6, 6.07) is 7.79. The summed E-state index contributed by atoms with van der Waals surface area (Å²) in [6.07, 6.45) is 2.96. The molecule has 5 nitrogen and oxygen atoms in total. The summed E-state index contributed by atoms with van der Waals surface area (Å²) < 4.78 is 22.6. The van der Waals surface area contributed by atoms with E-state index in [1.165, 1.54) is 0 Å². The molecule has 1 N–H and O–H groups in total. The van der Waals surface area contributed by atoms with E-state index in [-0.39, 0.29) is 12.2 Å². The first kappa shape index (κ1) is 18.9. The van der Waals surface area contributed by atoms with Crippen LogP contribution in [0.4, 0.5) is 0 Å². The molecule has 0 saturated carbocycles. The van der Waals surface area contributed by atoms with Crippen molar-refractivity contribution in [2.24, 2.45) is 0 Å². The molecule has 1 saturated heterocycles. The van der Waals surface area contributed by atoms with Crippen LogP contribution in [0, 0.1) is 0 Å². The summed E-state index contributed by atoms with van der Waals surface area (Å²) in [5.74, 6) is 0.145. The Kier molecular flexibility index (Phi) is 6.80. The monoisotopic (exact) mass is 336 g/mol. The van der Waals surface area contributed by atoms with Gasteiger partial charge in [-0.05, 0) is 44.9 Å². The molecule has 24 heavy (non-hydrogen) atoms. The number of aliphatic hydroxyl groups excluding tert-OH is 1. The summed E-state index contributed by atoms with van der Waals surface area (Å²) in [4.78, 5) is 0. The van der Waals surface area contributed by atoms with Gasteiger partial charge in [0.1, 0.15) is 18.0 Å². The number of hydrogen-bond donors (Lipinski definition) is 1. The molecule has 1 aromatic rings. The minimum atomic E-state index is -0.687. The molecule has 1 aromatic carbocycles. The number of methoxy groups -OCH3 is 1. The van der Waals surface area contributed by atoms with E-state index >= 15 is 0 Å². The van der Waals surface area contributed by atoms with Crippen molar-refractivity contribution in [2.75, 3.05) is 13.7 Å². The Morgan fingerprint density at radius 2 is 1.96 bits per heavy atom. The Morgan fingerprint density at radius 3 is 2.58 bits per heavy atom. The summed E-state index contributed by atoms with van der Waals surface area (Å²) in [5.41, 5.74) is 1.09. The predicted octanol–water partition coefficient (Wildman–Crippen LogP) is 3.06. The standard InChI is InChI=1S/C19H28O5/c1-5-6-16(20)18-17(23-19(2,3)24-18)11-12-22-13-14-7-9-15(21-4)10-8-14/h5-10,16-18,20H,11-13H2,1-4H3/b6-5+/t16-,17-,18+/m0/s1. The average molecular weight is 336 g/mol. The third-order valence-corrected chi connectivity index (χ3v) is 3.92. The van der Waals surface area contributed by atoms with Crippen molar-refractivity contribution >= 4 is 0 Å². The van der Waals surface area contributed by atoms with Crippen molar-refractivity contribution in [3.05, 3.63) is 42.0 Å². The molecule has 1 fully saturated rings. The molecule has 5 heteroatoms. The van der Waals surface area contributed by atoms with Gasteiger partial charge in [-0.1, -0.05) is 24.3 Å². The molecule has 0 radical (unpaired) electrons. The molecular formula is C19H28O5. The lowest BCUT2D eigenvalue weighted by molar-refractivity contribution is -0.153. The first-order chi connectivity index (χ1) is 11.4. The fourth-order valence-electron chi connectivity index (χ4n) is 2.79. The molecule has 0 unspecified atom stereocenters. The van der Waals surface area contributed by atoms with E-state index < -0.39 is 11.9 Å². The molecule has 0 spiro atoms. The number of aliphatic hydroxyl groups is 1. The van der Waals surface area contributed by atoms with Crippen LogP contribution in [0.1, 0.15) is 32.8 Å². The Labute approximate surface area is 144 Å². The van der Waals surface area contributed by atoms with Crippen LogP contribution < -0.4 is 4.74 Å². The van der Waals surface area contributed by atoms with Gasteiger partial charge in [-0.2, -0.15) is 0 Å². The Balaban J connectivity index is 1.80. The SMILES string of the molecule is C/C=C/[C@H](O)[C@H]1OC(C)(C)O[C@H]1CCOCc1ccc(OC)cc1. The van der Waals surface area contributed by atoms with Crippen molar-refractivity contribution in [2.45, 2.75) is 57.9 Å². The maximum Gasteiger partial charge on any atom is 0.163 e. The zero-order valence-corrected chi connectivity index (χ0v) is 14.9. The first-order valence-electron chi connectivity index (χ1n) is 8.32. The van der Waals surface area contributed by atoms with Crippen molar-refractivity contribution < 1.29 is 24.1 Å². The lowest BCUT2D eigenvalue weighted by Crippen LogP contribution is -2.34. The van der Waals surface area contributed by atoms with Gasteiger partial charge in [0.25, 0.3) is 0 Å². The van der Waals surface area contributed by atoms with E-state index in [0.29, 0.717) is 19.6 Å². The van der Waals surface area contributed by atoms with E-state index in [4.69, 9.17) is 18.9 Å². The zero-order valence-electron chi connectivity index (χ0n) is 14.9. The minimum absolute atomic E-state index is 0.193. The highest BCUT2D eigenvalue weighted by molar-refractivity contribution is 5.26. The van der Waals surface area contributed by atoms with Gasteiger partial charge in [-0.3, -0.25) is 0 Å². The lowest BCUT2D eigenvalue weighted by Gasteiger charge is -2.20. The van der Waals surface area contributed by atoms with Crippen LogP contribution >= 0.6 is 0 Å². The minimum Gasteiger partial charge on any atom is -0.497 e. The maximum absolute atomic E-state index is 10.2. The quantitative estimate of drug-likeness (QED) is 0.584. The molecule has 0 amide bonds. The molecule has 2 rings (SSSR count). The number of benzene rings is 1. The Hall–Kier alpha value is -1.40. The first-order valence-corrected chi connectivity index (χ1v) is 8.32. The summed E-state index contributed by atoms with van der Waals surface area (Å²) in [5, 5.41) is 10.2. The molecular weight excluding hydrogens is 308 g/mol. The number of ether oxygens (including phenoxy) is 4. The fourth-order valence-corrected chi connectivity index (χ4v) is 2.79. The van der Waals surface area contributed by atoms with Crippen LogP contribution in [0.15, 0.2) is 36.4 Å². The third kappa shape index (κ3) is 5.31. The molecule has 0 bridgehead atoms. The predicted molar refractivity (Wildman–Crippen MR) is 91.9 cm³/mol. The normalized spacial score (nSPS) is 24.4. The molecule has 1 aliphatic rings. The van der Waals surface area contributed by atoms with Crippen LogP contribution in [-0.4, -0.2) is 42.9 Å². The van der Waals surface area contributed by atoms with Crippen LogP contribution in [-0.2, 0) is 20.8 Å². The van der Waals surface area contributed by atoms with Gasteiger partial charge >= 0.3 is 0 Å². The van der Waals surface area contributed by atoms with Gasteiger partial charge in [-0.25, -0.2) is 0 Å². The largest absolute Gasteiger partial charge is 0.497 e. The second kappa shape index (κ2) is 8.62. The second-order valence-corrected chi connectivity index (χ2v) is 6.34. The fraction of sp³-hybridized carbons (Fsp3) is 0.579. The number of rotatable bonds is 8. The Bertz CT molecular complexity index is 523. The molecule has 0 aliphatic carbocycles. The molecule has 1 heterocycles. The van der Waals surface area contributed by atoms with E-state index in [9.17, 15) is 5.11 Å². The highest BCUT2D eigenvalue weighted by Crippen LogP contribution is 2.32. The van der Waals surface area contributed by atoms with E-state index in [0.717, 1.165) is 11.3 Å². The van der Waals surface area contributed by atoms with Crippen LogP contribution in [0.3, 0.4) is 0 Å². The molecule has 1 aliphatic heterocycles. The van der Waals surface area contributed by atoms with Crippen molar-refractivity contribution in [1.29, 1.82) is 0 Å². The highest BCUT2D eigenvalue weighted by Gasteiger charge is 2.43. The smallest absolute Gasteiger partial charge is 0.163 e. The highest BCUT2D eigenvalue weighted by atomic mass is 16.8. The van der Waals surface area contributed by atoms with Gasteiger partial charge in [0.05, 0.1) is 19.8 Å². The summed E-state index contributed by atoms with van der Waals surface area (Å²) >= 11 is 0. The Morgan fingerprint density at radius 1 is 1.25 bits per heavy atom. The topological polar surface area (TPSA) is 57.2 Å². The second-order valence-electron chi connectivity index (χ2n) is 6.34.